The van der Waals surface area contributed by atoms with Crippen LogP contribution in [-0.4, -0.2) is 13.0 Å². The summed E-state index contributed by atoms with van der Waals surface area (Å²) in [6, 6.07) is 19.0. The van der Waals surface area contributed by atoms with Crippen molar-refractivity contribution >= 4 is 10.1 Å². The highest BCUT2D eigenvalue weighted by Gasteiger charge is 2.25. The molecule has 4 heteroatoms. The van der Waals surface area contributed by atoms with Crippen molar-refractivity contribution in [2.24, 2.45) is 0 Å². The van der Waals surface area contributed by atoms with Crippen molar-refractivity contribution in [1.82, 2.24) is 0 Å². The maximum atomic E-state index is 11.8. The monoisotopic (exact) mass is 336 g/mol. The van der Waals surface area contributed by atoms with E-state index < -0.39 is 10.1 Å². The Kier molecular flexibility index (Phi) is 3.34. The summed E-state index contributed by atoms with van der Waals surface area (Å²) in [5.41, 5.74) is 7.14. The molecule has 0 bridgehead atoms. The van der Waals surface area contributed by atoms with E-state index in [9.17, 15) is 13.0 Å². The van der Waals surface area contributed by atoms with E-state index in [0.717, 1.165) is 28.7 Å². The average Bonchev–Trinajstić information content (AvgIpc) is 2.92. The van der Waals surface area contributed by atoms with Gasteiger partial charge in [0, 0.05) is 5.56 Å². The van der Waals surface area contributed by atoms with Gasteiger partial charge in [-0.2, -0.15) is 8.42 Å². The molecule has 1 N–H and O–H groups in total. The maximum Gasteiger partial charge on any atom is 0.295 e. The quantitative estimate of drug-likeness (QED) is 0.549. The molecule has 0 heterocycles. The molecular formula is C20H16O3S. The standard InChI is InChI=1S/C20H16O3S/c1-13-10-11-16-15-7-3-2-6-14(15)12-18(16)20(13)17-8-4-5-9-19(17)24(21,22)23/h2-11H,12H2,1H3,(H,21,22,23). The molecule has 3 aromatic carbocycles. The van der Waals surface area contributed by atoms with E-state index in [-0.39, 0.29) is 4.90 Å². The summed E-state index contributed by atoms with van der Waals surface area (Å²) in [6.45, 7) is 1.97. The molecule has 1 aliphatic rings. The van der Waals surface area contributed by atoms with Gasteiger partial charge in [-0.25, -0.2) is 0 Å². The minimum Gasteiger partial charge on any atom is -0.282 e. The van der Waals surface area contributed by atoms with E-state index in [2.05, 4.69) is 18.2 Å². The van der Waals surface area contributed by atoms with Gasteiger partial charge in [0.05, 0.1) is 0 Å². The van der Waals surface area contributed by atoms with Crippen LogP contribution >= 0.6 is 0 Å². The molecule has 0 aliphatic heterocycles. The second-order valence-electron chi connectivity index (χ2n) is 6.09. The van der Waals surface area contributed by atoms with E-state index in [4.69, 9.17) is 0 Å². The third-order valence-electron chi connectivity index (χ3n) is 4.63. The Morgan fingerprint density at radius 1 is 0.833 bits per heavy atom. The van der Waals surface area contributed by atoms with Gasteiger partial charge in [0.15, 0.2) is 0 Å². The van der Waals surface area contributed by atoms with E-state index in [1.54, 1.807) is 18.2 Å². The first-order chi connectivity index (χ1) is 11.5. The fourth-order valence-corrected chi connectivity index (χ4v) is 4.30. The van der Waals surface area contributed by atoms with E-state index >= 15 is 0 Å². The minimum absolute atomic E-state index is 0.0440. The van der Waals surface area contributed by atoms with E-state index in [0.29, 0.717) is 5.56 Å². The summed E-state index contributed by atoms with van der Waals surface area (Å²) >= 11 is 0. The Balaban J connectivity index is 2.04. The number of hydrogen-bond acceptors (Lipinski definition) is 2. The summed E-state index contributed by atoms with van der Waals surface area (Å²) in [7, 11) is -4.28. The van der Waals surface area contributed by atoms with Crippen LogP contribution in [0.15, 0.2) is 65.6 Å². The highest BCUT2D eigenvalue weighted by atomic mass is 32.2. The number of aryl methyl sites for hydroxylation is 1. The lowest BCUT2D eigenvalue weighted by Gasteiger charge is -2.15. The summed E-state index contributed by atoms with van der Waals surface area (Å²) in [6.07, 6.45) is 0.766. The van der Waals surface area contributed by atoms with Gasteiger partial charge in [-0.15, -0.1) is 0 Å². The smallest absolute Gasteiger partial charge is 0.282 e. The molecule has 0 saturated heterocycles. The number of hydrogen-bond donors (Lipinski definition) is 1. The van der Waals surface area contributed by atoms with Crippen LogP contribution in [0.25, 0.3) is 22.3 Å². The first kappa shape index (κ1) is 15.1. The van der Waals surface area contributed by atoms with Crippen molar-refractivity contribution in [3.8, 4) is 22.3 Å². The second kappa shape index (κ2) is 5.30. The van der Waals surface area contributed by atoms with Gasteiger partial charge in [-0.05, 0) is 52.8 Å². The summed E-state index contributed by atoms with van der Waals surface area (Å²) in [4.78, 5) is -0.0440. The lowest BCUT2D eigenvalue weighted by atomic mass is 9.91. The lowest BCUT2D eigenvalue weighted by molar-refractivity contribution is 0.483. The van der Waals surface area contributed by atoms with Gasteiger partial charge in [-0.3, -0.25) is 4.55 Å². The average molecular weight is 336 g/mol. The molecule has 0 saturated carbocycles. The first-order valence-corrected chi connectivity index (χ1v) is 9.18. The highest BCUT2D eigenvalue weighted by molar-refractivity contribution is 7.86. The maximum absolute atomic E-state index is 11.8. The first-order valence-electron chi connectivity index (χ1n) is 7.74. The molecule has 0 fully saturated rings. The van der Waals surface area contributed by atoms with Crippen LogP contribution in [0.2, 0.25) is 0 Å². The lowest BCUT2D eigenvalue weighted by Crippen LogP contribution is -2.02. The summed E-state index contributed by atoms with van der Waals surface area (Å²) < 4.78 is 33.2. The molecule has 24 heavy (non-hydrogen) atoms. The minimum atomic E-state index is -4.28. The Hall–Kier alpha value is -2.43. The molecule has 0 unspecified atom stereocenters. The van der Waals surface area contributed by atoms with Crippen LogP contribution in [0, 0.1) is 6.92 Å². The fourth-order valence-electron chi connectivity index (χ4n) is 3.60. The van der Waals surface area contributed by atoms with Crippen molar-refractivity contribution in [3.63, 3.8) is 0 Å². The number of benzene rings is 3. The highest BCUT2D eigenvalue weighted by Crippen LogP contribution is 2.44. The van der Waals surface area contributed by atoms with E-state index in [1.165, 1.54) is 17.2 Å². The molecule has 1 aliphatic carbocycles. The van der Waals surface area contributed by atoms with Gasteiger partial charge >= 0.3 is 0 Å². The molecule has 0 atom stereocenters. The van der Waals surface area contributed by atoms with Gasteiger partial charge in [0.2, 0.25) is 0 Å². The topological polar surface area (TPSA) is 54.4 Å². The normalized spacial score (nSPS) is 12.8. The predicted molar refractivity (Wildman–Crippen MR) is 94.7 cm³/mol. The largest absolute Gasteiger partial charge is 0.295 e. The molecule has 0 radical (unpaired) electrons. The van der Waals surface area contributed by atoms with Crippen LogP contribution in [0.5, 0.6) is 0 Å². The molecule has 4 rings (SSSR count). The summed E-state index contributed by atoms with van der Waals surface area (Å²) in [5, 5.41) is 0. The molecular weight excluding hydrogens is 320 g/mol. The SMILES string of the molecule is Cc1ccc2c(c1-c1ccccc1S(=O)(=O)O)Cc1ccccc1-2. The zero-order valence-corrected chi connectivity index (χ0v) is 14.0. The molecule has 0 aromatic heterocycles. The van der Waals surface area contributed by atoms with Crippen molar-refractivity contribution in [2.75, 3.05) is 0 Å². The fraction of sp³-hybridized carbons (Fsp3) is 0.100. The van der Waals surface area contributed by atoms with E-state index in [1.807, 2.05) is 25.1 Å². The van der Waals surface area contributed by atoms with Gasteiger partial charge in [0.25, 0.3) is 10.1 Å². The van der Waals surface area contributed by atoms with Gasteiger partial charge in [0.1, 0.15) is 4.90 Å². The third-order valence-corrected chi connectivity index (χ3v) is 5.54. The van der Waals surface area contributed by atoms with Crippen molar-refractivity contribution in [2.45, 2.75) is 18.2 Å². The number of fused-ring (bicyclic) bond motifs is 3. The predicted octanol–water partition coefficient (Wildman–Crippen LogP) is 4.48. The second-order valence-corrected chi connectivity index (χ2v) is 7.48. The Labute approximate surface area is 141 Å². The van der Waals surface area contributed by atoms with Crippen LogP contribution in [0.4, 0.5) is 0 Å². The van der Waals surface area contributed by atoms with Gasteiger partial charge in [-0.1, -0.05) is 54.6 Å². The van der Waals surface area contributed by atoms with Gasteiger partial charge < -0.3 is 0 Å². The number of rotatable bonds is 2. The molecule has 3 aromatic rings. The van der Waals surface area contributed by atoms with Crippen LogP contribution in [-0.2, 0) is 16.5 Å². The zero-order valence-electron chi connectivity index (χ0n) is 13.2. The zero-order chi connectivity index (χ0) is 16.9. The van der Waals surface area contributed by atoms with Crippen molar-refractivity contribution in [1.29, 1.82) is 0 Å². The molecule has 3 nitrogen and oxygen atoms in total. The molecule has 0 spiro atoms. The van der Waals surface area contributed by atoms with Crippen LogP contribution in [0.1, 0.15) is 16.7 Å². The van der Waals surface area contributed by atoms with Crippen molar-refractivity contribution in [3.05, 3.63) is 77.4 Å². The molecule has 120 valence electrons. The van der Waals surface area contributed by atoms with Crippen molar-refractivity contribution < 1.29 is 13.0 Å². The van der Waals surface area contributed by atoms with Crippen LogP contribution < -0.4 is 0 Å². The third kappa shape index (κ3) is 2.27. The Morgan fingerprint density at radius 3 is 2.25 bits per heavy atom. The molecule has 0 amide bonds. The Morgan fingerprint density at radius 2 is 1.50 bits per heavy atom. The van der Waals surface area contributed by atoms with Crippen LogP contribution in [0.3, 0.4) is 0 Å². The Bertz CT molecular complexity index is 1070. The summed E-state index contributed by atoms with van der Waals surface area (Å²) in [5.74, 6) is 0.